The Balaban J connectivity index is 1.97. The van der Waals surface area contributed by atoms with Crippen LogP contribution in [-0.4, -0.2) is 12.1 Å². The maximum absolute atomic E-state index is 5.60. The van der Waals surface area contributed by atoms with Crippen LogP contribution >= 0.6 is 0 Å². The third kappa shape index (κ3) is 3.21. The van der Waals surface area contributed by atoms with Crippen molar-refractivity contribution in [1.29, 1.82) is 0 Å². The molecular weight excluding hydrogens is 228 g/mol. The standard InChI is InChI=1S/C14H16N2O2/c1-17-13-4-2-11(3-5-13)10-18-14-8-12(9-15)6-7-16-14/h2-8H,9-10,15H2,1H3. The molecule has 0 saturated heterocycles. The van der Waals surface area contributed by atoms with E-state index < -0.39 is 0 Å². The molecule has 4 heteroatoms. The minimum atomic E-state index is 0.477. The van der Waals surface area contributed by atoms with Crippen molar-refractivity contribution in [1.82, 2.24) is 4.98 Å². The van der Waals surface area contributed by atoms with E-state index >= 15 is 0 Å². The fourth-order valence-electron chi connectivity index (χ4n) is 1.54. The normalized spacial score (nSPS) is 10.1. The van der Waals surface area contributed by atoms with Crippen LogP contribution in [0.2, 0.25) is 0 Å². The van der Waals surface area contributed by atoms with Gasteiger partial charge in [-0.3, -0.25) is 0 Å². The first-order valence-corrected chi connectivity index (χ1v) is 5.72. The van der Waals surface area contributed by atoms with Gasteiger partial charge in [0.1, 0.15) is 12.4 Å². The maximum Gasteiger partial charge on any atom is 0.213 e. The van der Waals surface area contributed by atoms with E-state index in [1.165, 1.54) is 0 Å². The first-order chi connectivity index (χ1) is 8.81. The molecule has 0 aliphatic rings. The van der Waals surface area contributed by atoms with Crippen LogP contribution < -0.4 is 15.2 Å². The number of nitrogens with two attached hydrogens (primary N) is 1. The Morgan fingerprint density at radius 1 is 1.11 bits per heavy atom. The largest absolute Gasteiger partial charge is 0.497 e. The molecule has 1 aromatic carbocycles. The van der Waals surface area contributed by atoms with E-state index in [4.69, 9.17) is 15.2 Å². The van der Waals surface area contributed by atoms with Crippen LogP contribution in [0.1, 0.15) is 11.1 Å². The molecule has 1 aromatic heterocycles. The summed E-state index contributed by atoms with van der Waals surface area (Å²) in [5.74, 6) is 1.43. The summed E-state index contributed by atoms with van der Waals surface area (Å²) in [6.07, 6.45) is 1.70. The molecule has 2 N–H and O–H groups in total. The van der Waals surface area contributed by atoms with E-state index in [9.17, 15) is 0 Å². The van der Waals surface area contributed by atoms with Crippen molar-refractivity contribution in [3.8, 4) is 11.6 Å². The molecule has 0 radical (unpaired) electrons. The van der Waals surface area contributed by atoms with Gasteiger partial charge < -0.3 is 15.2 Å². The van der Waals surface area contributed by atoms with Crippen molar-refractivity contribution in [2.45, 2.75) is 13.2 Å². The number of methoxy groups -OCH3 is 1. The van der Waals surface area contributed by atoms with Gasteiger partial charge in [-0.2, -0.15) is 0 Å². The zero-order valence-electron chi connectivity index (χ0n) is 10.3. The summed E-state index contributed by atoms with van der Waals surface area (Å²) in [6, 6.07) is 11.5. The molecule has 2 aromatic rings. The molecule has 0 spiro atoms. The number of rotatable bonds is 5. The molecule has 4 nitrogen and oxygen atoms in total. The third-order valence-electron chi connectivity index (χ3n) is 2.58. The molecule has 0 aliphatic carbocycles. The summed E-state index contributed by atoms with van der Waals surface area (Å²) >= 11 is 0. The topological polar surface area (TPSA) is 57.4 Å². The summed E-state index contributed by atoms with van der Waals surface area (Å²) in [7, 11) is 1.65. The predicted molar refractivity (Wildman–Crippen MR) is 69.5 cm³/mol. The number of ether oxygens (including phenoxy) is 2. The summed E-state index contributed by atoms with van der Waals surface area (Å²) in [6.45, 7) is 0.965. The SMILES string of the molecule is COc1ccc(COc2cc(CN)ccn2)cc1. The highest BCUT2D eigenvalue weighted by atomic mass is 16.5. The molecule has 1 heterocycles. The second-order valence-corrected chi connectivity index (χ2v) is 3.84. The van der Waals surface area contributed by atoms with Crippen molar-refractivity contribution in [3.05, 3.63) is 53.7 Å². The van der Waals surface area contributed by atoms with Crippen LogP contribution in [0.4, 0.5) is 0 Å². The van der Waals surface area contributed by atoms with Crippen molar-refractivity contribution < 1.29 is 9.47 Å². The Hall–Kier alpha value is -2.07. The van der Waals surface area contributed by atoms with Gasteiger partial charge in [0.2, 0.25) is 5.88 Å². The van der Waals surface area contributed by atoms with Crippen LogP contribution in [0.25, 0.3) is 0 Å². The molecule has 0 atom stereocenters. The zero-order valence-corrected chi connectivity index (χ0v) is 10.3. The Morgan fingerprint density at radius 3 is 2.56 bits per heavy atom. The summed E-state index contributed by atoms with van der Waals surface area (Å²) < 4.78 is 10.7. The van der Waals surface area contributed by atoms with Crippen LogP contribution in [0.5, 0.6) is 11.6 Å². The quantitative estimate of drug-likeness (QED) is 0.875. The van der Waals surface area contributed by atoms with Crippen LogP contribution in [0.3, 0.4) is 0 Å². The molecule has 0 aliphatic heterocycles. The van der Waals surface area contributed by atoms with Gasteiger partial charge >= 0.3 is 0 Å². The summed E-state index contributed by atoms with van der Waals surface area (Å²) in [5.41, 5.74) is 7.64. The smallest absolute Gasteiger partial charge is 0.213 e. The van der Waals surface area contributed by atoms with E-state index in [1.807, 2.05) is 36.4 Å². The number of hydrogen-bond donors (Lipinski definition) is 1. The van der Waals surface area contributed by atoms with Gasteiger partial charge in [0.25, 0.3) is 0 Å². The lowest BCUT2D eigenvalue weighted by Crippen LogP contribution is -2.00. The van der Waals surface area contributed by atoms with Gasteiger partial charge in [0, 0.05) is 18.8 Å². The van der Waals surface area contributed by atoms with Gasteiger partial charge in [-0.05, 0) is 29.3 Å². The highest BCUT2D eigenvalue weighted by molar-refractivity contribution is 5.27. The Bertz CT molecular complexity index is 497. The molecular formula is C14H16N2O2. The lowest BCUT2D eigenvalue weighted by Gasteiger charge is -2.07. The molecule has 0 saturated carbocycles. The molecule has 0 unspecified atom stereocenters. The fourth-order valence-corrected chi connectivity index (χ4v) is 1.54. The van der Waals surface area contributed by atoms with Crippen LogP contribution in [0, 0.1) is 0 Å². The number of aromatic nitrogens is 1. The second kappa shape index (κ2) is 6.02. The summed E-state index contributed by atoms with van der Waals surface area (Å²) in [4.78, 5) is 4.13. The van der Waals surface area contributed by atoms with E-state index in [-0.39, 0.29) is 0 Å². The van der Waals surface area contributed by atoms with Gasteiger partial charge in [-0.25, -0.2) is 4.98 Å². The third-order valence-corrected chi connectivity index (χ3v) is 2.58. The van der Waals surface area contributed by atoms with Crippen molar-refractivity contribution in [2.24, 2.45) is 5.73 Å². The lowest BCUT2D eigenvalue weighted by atomic mass is 10.2. The first-order valence-electron chi connectivity index (χ1n) is 5.72. The van der Waals surface area contributed by atoms with Gasteiger partial charge in [-0.1, -0.05) is 12.1 Å². The number of benzene rings is 1. The Morgan fingerprint density at radius 2 is 1.89 bits per heavy atom. The van der Waals surface area contributed by atoms with Gasteiger partial charge in [0.15, 0.2) is 0 Å². The molecule has 94 valence electrons. The molecule has 0 amide bonds. The molecule has 0 bridgehead atoms. The minimum absolute atomic E-state index is 0.477. The monoisotopic (exact) mass is 244 g/mol. The zero-order chi connectivity index (χ0) is 12.8. The van der Waals surface area contributed by atoms with E-state index in [1.54, 1.807) is 13.3 Å². The molecule has 18 heavy (non-hydrogen) atoms. The van der Waals surface area contributed by atoms with E-state index in [2.05, 4.69) is 4.98 Å². The Kier molecular flexibility index (Phi) is 4.15. The van der Waals surface area contributed by atoms with Crippen LogP contribution in [-0.2, 0) is 13.2 Å². The average molecular weight is 244 g/mol. The summed E-state index contributed by atoms with van der Waals surface area (Å²) in [5, 5.41) is 0. The lowest BCUT2D eigenvalue weighted by molar-refractivity contribution is 0.293. The first kappa shape index (κ1) is 12.4. The van der Waals surface area contributed by atoms with Gasteiger partial charge in [-0.15, -0.1) is 0 Å². The van der Waals surface area contributed by atoms with Crippen molar-refractivity contribution >= 4 is 0 Å². The van der Waals surface area contributed by atoms with Crippen LogP contribution in [0.15, 0.2) is 42.6 Å². The predicted octanol–water partition coefficient (Wildman–Crippen LogP) is 2.13. The number of pyridine rings is 1. The second-order valence-electron chi connectivity index (χ2n) is 3.84. The fraction of sp³-hybridized carbons (Fsp3) is 0.214. The van der Waals surface area contributed by atoms with Gasteiger partial charge in [0.05, 0.1) is 7.11 Å². The Labute approximate surface area is 106 Å². The molecule has 2 rings (SSSR count). The highest BCUT2D eigenvalue weighted by Crippen LogP contribution is 2.14. The van der Waals surface area contributed by atoms with E-state index in [0.29, 0.717) is 19.0 Å². The number of hydrogen-bond acceptors (Lipinski definition) is 4. The maximum atomic E-state index is 5.60. The average Bonchev–Trinajstić information content (AvgIpc) is 2.46. The van der Waals surface area contributed by atoms with E-state index in [0.717, 1.165) is 16.9 Å². The number of nitrogens with zero attached hydrogens (tertiary/aromatic N) is 1. The minimum Gasteiger partial charge on any atom is -0.497 e. The van der Waals surface area contributed by atoms with Crippen molar-refractivity contribution in [3.63, 3.8) is 0 Å². The highest BCUT2D eigenvalue weighted by Gasteiger charge is 1.99. The van der Waals surface area contributed by atoms with Crippen molar-refractivity contribution in [2.75, 3.05) is 7.11 Å². The molecule has 0 fully saturated rings.